The fourth-order valence-electron chi connectivity index (χ4n) is 2.15. The first-order valence-corrected chi connectivity index (χ1v) is 7.90. The van der Waals surface area contributed by atoms with E-state index in [2.05, 4.69) is 10.6 Å². The van der Waals surface area contributed by atoms with Gasteiger partial charge in [0.1, 0.15) is 5.75 Å². The molecule has 2 aromatic carbocycles. The number of hydrogen-bond acceptors (Lipinski definition) is 3. The van der Waals surface area contributed by atoms with Gasteiger partial charge in [-0.15, -0.1) is 0 Å². The van der Waals surface area contributed by atoms with E-state index >= 15 is 0 Å². The number of halogens is 1. The Hall–Kier alpha value is -2.04. The van der Waals surface area contributed by atoms with Crippen molar-refractivity contribution in [2.75, 3.05) is 20.2 Å². The van der Waals surface area contributed by atoms with Crippen LogP contribution in [0.4, 0.5) is 0 Å². The molecule has 0 bridgehead atoms. The molecule has 0 unspecified atom stereocenters. The molecule has 2 rings (SSSR count). The van der Waals surface area contributed by atoms with Crippen LogP contribution in [0.3, 0.4) is 0 Å². The summed E-state index contributed by atoms with van der Waals surface area (Å²) in [6, 6.07) is 15.4. The Balaban J connectivity index is 1.64. The Kier molecular flexibility index (Phi) is 6.91. The Labute approximate surface area is 141 Å². The van der Waals surface area contributed by atoms with Crippen LogP contribution in [-0.2, 0) is 17.8 Å². The number of hydrogen-bond donors (Lipinski definition) is 2. The molecule has 23 heavy (non-hydrogen) atoms. The highest BCUT2D eigenvalue weighted by molar-refractivity contribution is 6.31. The lowest BCUT2D eigenvalue weighted by atomic mass is 10.1. The molecular weight excluding hydrogens is 312 g/mol. The average molecular weight is 333 g/mol. The molecule has 4 nitrogen and oxygen atoms in total. The van der Waals surface area contributed by atoms with Crippen LogP contribution < -0.4 is 15.4 Å². The molecule has 0 saturated heterocycles. The molecule has 0 fully saturated rings. The second-order valence-electron chi connectivity index (χ2n) is 5.14. The maximum absolute atomic E-state index is 11.8. The third-order valence-corrected chi connectivity index (χ3v) is 3.82. The highest BCUT2D eigenvalue weighted by Crippen LogP contribution is 2.14. The average Bonchev–Trinajstić information content (AvgIpc) is 2.57. The summed E-state index contributed by atoms with van der Waals surface area (Å²) in [6.07, 6.45) is 0.792. The first kappa shape index (κ1) is 17.3. The molecule has 0 aliphatic carbocycles. The summed E-state index contributed by atoms with van der Waals surface area (Å²) in [4.78, 5) is 11.8. The monoisotopic (exact) mass is 332 g/mol. The largest absolute Gasteiger partial charge is 0.497 e. The SMILES string of the molecule is COc1ccc(CCNC(=O)CNCc2ccccc2Cl)cc1. The minimum absolute atomic E-state index is 0.0226. The van der Waals surface area contributed by atoms with E-state index in [1.165, 1.54) is 0 Å². The van der Waals surface area contributed by atoms with Crippen LogP contribution in [0.5, 0.6) is 5.75 Å². The molecule has 0 radical (unpaired) electrons. The van der Waals surface area contributed by atoms with Crippen molar-refractivity contribution in [3.8, 4) is 5.75 Å². The number of carbonyl (C=O) groups excluding carboxylic acids is 1. The van der Waals surface area contributed by atoms with Crippen molar-refractivity contribution in [1.82, 2.24) is 10.6 Å². The van der Waals surface area contributed by atoms with Gasteiger partial charge in [-0.1, -0.05) is 41.9 Å². The van der Waals surface area contributed by atoms with Gasteiger partial charge in [0.2, 0.25) is 5.91 Å². The van der Waals surface area contributed by atoms with E-state index in [1.54, 1.807) is 7.11 Å². The first-order valence-electron chi connectivity index (χ1n) is 7.53. The number of ether oxygens (including phenoxy) is 1. The smallest absolute Gasteiger partial charge is 0.233 e. The van der Waals surface area contributed by atoms with E-state index in [1.807, 2.05) is 48.5 Å². The summed E-state index contributed by atoms with van der Waals surface area (Å²) in [6.45, 7) is 1.46. The van der Waals surface area contributed by atoms with Crippen LogP contribution in [0, 0.1) is 0 Å². The fraction of sp³-hybridized carbons (Fsp3) is 0.278. The highest BCUT2D eigenvalue weighted by atomic mass is 35.5. The van der Waals surface area contributed by atoms with E-state index in [0.717, 1.165) is 23.3 Å². The van der Waals surface area contributed by atoms with Crippen molar-refractivity contribution in [3.63, 3.8) is 0 Å². The molecule has 0 heterocycles. The minimum Gasteiger partial charge on any atom is -0.497 e. The van der Waals surface area contributed by atoms with E-state index < -0.39 is 0 Å². The third kappa shape index (κ3) is 5.93. The van der Waals surface area contributed by atoms with E-state index in [4.69, 9.17) is 16.3 Å². The van der Waals surface area contributed by atoms with Gasteiger partial charge in [-0.25, -0.2) is 0 Å². The van der Waals surface area contributed by atoms with Gasteiger partial charge in [-0.3, -0.25) is 4.79 Å². The van der Waals surface area contributed by atoms with Crippen LogP contribution in [0.25, 0.3) is 0 Å². The molecule has 0 atom stereocenters. The Morgan fingerprint density at radius 1 is 1.13 bits per heavy atom. The maximum atomic E-state index is 11.8. The van der Waals surface area contributed by atoms with Crippen LogP contribution in [0.1, 0.15) is 11.1 Å². The first-order chi connectivity index (χ1) is 11.2. The standard InChI is InChI=1S/C18H21ClN2O2/c1-23-16-8-6-14(7-9-16)10-11-21-18(22)13-20-12-15-4-2-3-5-17(15)19/h2-9,20H,10-13H2,1H3,(H,21,22). The second-order valence-corrected chi connectivity index (χ2v) is 5.55. The Morgan fingerprint density at radius 2 is 1.87 bits per heavy atom. The van der Waals surface area contributed by atoms with Crippen LogP contribution >= 0.6 is 11.6 Å². The van der Waals surface area contributed by atoms with Gasteiger partial charge in [-0.05, 0) is 35.7 Å². The number of benzene rings is 2. The molecule has 2 N–H and O–H groups in total. The molecule has 0 saturated carbocycles. The zero-order valence-electron chi connectivity index (χ0n) is 13.1. The molecule has 0 spiro atoms. The van der Waals surface area contributed by atoms with Gasteiger partial charge in [-0.2, -0.15) is 0 Å². The van der Waals surface area contributed by atoms with Crippen molar-refractivity contribution in [3.05, 3.63) is 64.7 Å². The topological polar surface area (TPSA) is 50.4 Å². The van der Waals surface area contributed by atoms with Gasteiger partial charge in [0.25, 0.3) is 0 Å². The summed E-state index contributed by atoms with van der Waals surface area (Å²) in [7, 11) is 1.64. The van der Waals surface area contributed by atoms with Crippen molar-refractivity contribution < 1.29 is 9.53 Å². The summed E-state index contributed by atoms with van der Waals surface area (Å²) in [5.41, 5.74) is 2.15. The second kappa shape index (κ2) is 9.18. The molecule has 0 aromatic heterocycles. The molecule has 2 aromatic rings. The Morgan fingerprint density at radius 3 is 2.57 bits per heavy atom. The summed E-state index contributed by atoms with van der Waals surface area (Å²) < 4.78 is 5.11. The lowest BCUT2D eigenvalue weighted by molar-refractivity contribution is -0.120. The van der Waals surface area contributed by atoms with Crippen molar-refractivity contribution >= 4 is 17.5 Å². The van der Waals surface area contributed by atoms with Gasteiger partial charge in [0, 0.05) is 18.1 Å². The van der Waals surface area contributed by atoms with Crippen LogP contribution in [0.15, 0.2) is 48.5 Å². The van der Waals surface area contributed by atoms with Gasteiger partial charge in [0.05, 0.1) is 13.7 Å². The lowest BCUT2D eigenvalue weighted by Crippen LogP contribution is -2.34. The predicted octanol–water partition coefficient (Wildman–Crippen LogP) is 2.80. The zero-order chi connectivity index (χ0) is 16.5. The number of methoxy groups -OCH3 is 1. The highest BCUT2D eigenvalue weighted by Gasteiger charge is 2.03. The van der Waals surface area contributed by atoms with E-state index in [0.29, 0.717) is 18.1 Å². The van der Waals surface area contributed by atoms with Crippen molar-refractivity contribution in [2.24, 2.45) is 0 Å². The van der Waals surface area contributed by atoms with Gasteiger partial charge < -0.3 is 15.4 Å². The number of carbonyl (C=O) groups is 1. The number of nitrogens with one attached hydrogen (secondary N) is 2. The fourth-order valence-corrected chi connectivity index (χ4v) is 2.36. The Bertz CT molecular complexity index is 629. The van der Waals surface area contributed by atoms with Crippen LogP contribution in [-0.4, -0.2) is 26.1 Å². The quantitative estimate of drug-likeness (QED) is 0.781. The maximum Gasteiger partial charge on any atom is 0.233 e. The van der Waals surface area contributed by atoms with Crippen molar-refractivity contribution in [2.45, 2.75) is 13.0 Å². The molecule has 5 heteroatoms. The van der Waals surface area contributed by atoms with Gasteiger partial charge >= 0.3 is 0 Å². The predicted molar refractivity (Wildman–Crippen MR) is 92.9 cm³/mol. The van der Waals surface area contributed by atoms with Crippen molar-refractivity contribution in [1.29, 1.82) is 0 Å². The molecule has 0 aliphatic heterocycles. The van der Waals surface area contributed by atoms with E-state index in [-0.39, 0.29) is 12.5 Å². The normalized spacial score (nSPS) is 10.3. The third-order valence-electron chi connectivity index (χ3n) is 3.45. The van der Waals surface area contributed by atoms with E-state index in [9.17, 15) is 4.79 Å². The molecule has 1 amide bonds. The van der Waals surface area contributed by atoms with Crippen LogP contribution in [0.2, 0.25) is 5.02 Å². The molecule has 122 valence electrons. The molecule has 0 aliphatic rings. The summed E-state index contributed by atoms with van der Waals surface area (Å²) >= 11 is 6.06. The molecular formula is C18H21ClN2O2. The lowest BCUT2D eigenvalue weighted by Gasteiger charge is -2.08. The summed E-state index contributed by atoms with van der Waals surface area (Å²) in [5.74, 6) is 0.812. The van der Waals surface area contributed by atoms with Gasteiger partial charge in [0.15, 0.2) is 0 Å². The zero-order valence-corrected chi connectivity index (χ0v) is 13.9. The summed E-state index contributed by atoms with van der Waals surface area (Å²) in [5, 5.41) is 6.70. The number of rotatable bonds is 8. The minimum atomic E-state index is -0.0226. The number of amides is 1.